The van der Waals surface area contributed by atoms with Crippen molar-refractivity contribution in [1.82, 2.24) is 9.88 Å². The van der Waals surface area contributed by atoms with Crippen molar-refractivity contribution in [2.75, 3.05) is 13.2 Å². The number of aliphatic hydroxyl groups excluding tert-OH is 1. The average Bonchev–Trinajstić information content (AvgIpc) is 3.16. The van der Waals surface area contributed by atoms with E-state index in [1.165, 1.54) is 24.2 Å². The lowest BCUT2D eigenvalue weighted by Crippen LogP contribution is -2.46. The van der Waals surface area contributed by atoms with Crippen molar-refractivity contribution in [3.63, 3.8) is 0 Å². The molecule has 1 N–H and O–H groups in total. The van der Waals surface area contributed by atoms with Gasteiger partial charge in [0.1, 0.15) is 4.88 Å². The lowest BCUT2D eigenvalue weighted by atomic mass is 9.94. The van der Waals surface area contributed by atoms with Gasteiger partial charge in [-0.15, -0.1) is 11.3 Å². The summed E-state index contributed by atoms with van der Waals surface area (Å²) in [4.78, 5) is 19.8. The molecule has 2 unspecified atom stereocenters. The molecule has 19 heavy (non-hydrogen) atoms. The number of likely N-dealkylation sites (tertiary alicyclic amines) is 1. The maximum absolute atomic E-state index is 12.7. The van der Waals surface area contributed by atoms with Gasteiger partial charge in [-0.1, -0.05) is 0 Å². The lowest BCUT2D eigenvalue weighted by Gasteiger charge is -2.37. The minimum absolute atomic E-state index is 0.120. The molecule has 1 saturated heterocycles. The Labute approximate surface area is 117 Å². The Morgan fingerprint density at radius 2 is 2.26 bits per heavy atom. The zero-order chi connectivity index (χ0) is 13.4. The highest BCUT2D eigenvalue weighted by Gasteiger charge is 2.35. The molecular formula is C14H20N2O2S. The summed E-state index contributed by atoms with van der Waals surface area (Å²) in [5.74, 6) is 0.867. The molecule has 0 bridgehead atoms. The van der Waals surface area contributed by atoms with Crippen LogP contribution >= 0.6 is 11.3 Å². The van der Waals surface area contributed by atoms with Crippen molar-refractivity contribution >= 4 is 17.2 Å². The lowest BCUT2D eigenvalue weighted by molar-refractivity contribution is 0.0492. The topological polar surface area (TPSA) is 53.4 Å². The molecule has 0 aromatic carbocycles. The number of rotatable bonds is 3. The molecule has 1 aromatic heterocycles. The van der Waals surface area contributed by atoms with Crippen LogP contribution in [0.5, 0.6) is 0 Å². The summed E-state index contributed by atoms with van der Waals surface area (Å²) >= 11 is 1.47. The Morgan fingerprint density at radius 1 is 1.47 bits per heavy atom. The molecule has 1 aliphatic carbocycles. The van der Waals surface area contributed by atoms with Gasteiger partial charge in [0.2, 0.25) is 0 Å². The number of thiazole rings is 1. The van der Waals surface area contributed by atoms with Gasteiger partial charge >= 0.3 is 0 Å². The standard InChI is InChI=1S/C14H20N2O2S/c1-9-2-3-10(7-17)6-16(9)14(18)13-12(11-4-5-11)15-8-19-13/h8-11,17H,2-7H2,1H3. The second kappa shape index (κ2) is 5.21. The van der Waals surface area contributed by atoms with E-state index in [1.54, 1.807) is 5.51 Å². The molecule has 5 heteroatoms. The first kappa shape index (κ1) is 13.1. The molecule has 2 fully saturated rings. The number of carbonyl (C=O) groups excluding carboxylic acids is 1. The van der Waals surface area contributed by atoms with Crippen LogP contribution < -0.4 is 0 Å². The average molecular weight is 280 g/mol. The Hall–Kier alpha value is -0.940. The monoisotopic (exact) mass is 280 g/mol. The molecule has 1 aliphatic heterocycles. The van der Waals surface area contributed by atoms with Crippen LogP contribution in [0, 0.1) is 5.92 Å². The normalized spacial score (nSPS) is 27.6. The van der Waals surface area contributed by atoms with E-state index in [9.17, 15) is 9.90 Å². The number of hydrogen-bond donors (Lipinski definition) is 1. The van der Waals surface area contributed by atoms with Gasteiger partial charge in [0.25, 0.3) is 5.91 Å². The number of hydrogen-bond acceptors (Lipinski definition) is 4. The molecule has 2 aliphatic rings. The van der Waals surface area contributed by atoms with Crippen LogP contribution in [0.15, 0.2) is 5.51 Å². The Kier molecular flexibility index (Phi) is 3.58. The van der Waals surface area contributed by atoms with E-state index in [2.05, 4.69) is 11.9 Å². The predicted octanol–water partition coefficient (Wildman–Crippen LogP) is 2.25. The maximum Gasteiger partial charge on any atom is 0.266 e. The van der Waals surface area contributed by atoms with Gasteiger partial charge in [0.15, 0.2) is 0 Å². The maximum atomic E-state index is 12.7. The summed E-state index contributed by atoms with van der Waals surface area (Å²) < 4.78 is 0. The van der Waals surface area contributed by atoms with Gasteiger partial charge in [-0.25, -0.2) is 4.98 Å². The highest BCUT2D eigenvalue weighted by atomic mass is 32.1. The Morgan fingerprint density at radius 3 is 2.95 bits per heavy atom. The highest BCUT2D eigenvalue weighted by molar-refractivity contribution is 7.11. The summed E-state index contributed by atoms with van der Waals surface area (Å²) in [6, 6.07) is 0.268. The first-order valence-electron chi connectivity index (χ1n) is 7.06. The third-order valence-corrected chi connectivity index (χ3v) is 5.08. The second-order valence-corrected chi connectivity index (χ2v) is 6.63. The first-order valence-corrected chi connectivity index (χ1v) is 7.94. The van der Waals surface area contributed by atoms with E-state index in [1.807, 2.05) is 4.90 Å². The van der Waals surface area contributed by atoms with Gasteiger partial charge in [-0.2, -0.15) is 0 Å². The van der Waals surface area contributed by atoms with Crippen molar-refractivity contribution < 1.29 is 9.90 Å². The molecule has 104 valence electrons. The number of carbonyl (C=O) groups is 1. The number of amides is 1. The summed E-state index contributed by atoms with van der Waals surface area (Å²) in [7, 11) is 0. The molecule has 1 amide bonds. The summed E-state index contributed by atoms with van der Waals surface area (Å²) in [6.45, 7) is 2.95. The minimum atomic E-state index is 0.120. The minimum Gasteiger partial charge on any atom is -0.396 e. The number of aliphatic hydroxyl groups is 1. The van der Waals surface area contributed by atoms with E-state index in [-0.39, 0.29) is 24.5 Å². The van der Waals surface area contributed by atoms with Crippen LogP contribution in [0.1, 0.15) is 53.9 Å². The van der Waals surface area contributed by atoms with Crippen molar-refractivity contribution in [2.45, 2.75) is 44.6 Å². The van der Waals surface area contributed by atoms with Gasteiger partial charge in [-0.05, 0) is 38.5 Å². The number of aromatic nitrogens is 1. The molecule has 2 heterocycles. The third kappa shape index (κ3) is 2.54. The van der Waals surface area contributed by atoms with Crippen LogP contribution in [0.25, 0.3) is 0 Å². The van der Waals surface area contributed by atoms with Crippen LogP contribution in [0.2, 0.25) is 0 Å². The largest absolute Gasteiger partial charge is 0.396 e. The van der Waals surface area contributed by atoms with Gasteiger partial charge < -0.3 is 10.0 Å². The van der Waals surface area contributed by atoms with Crippen LogP contribution in [0.4, 0.5) is 0 Å². The third-order valence-electron chi connectivity index (χ3n) is 4.25. The molecule has 2 atom stereocenters. The smallest absolute Gasteiger partial charge is 0.266 e. The molecule has 1 aromatic rings. The molecule has 0 spiro atoms. The van der Waals surface area contributed by atoms with E-state index >= 15 is 0 Å². The summed E-state index contributed by atoms with van der Waals surface area (Å²) in [5.41, 5.74) is 2.80. The van der Waals surface area contributed by atoms with Gasteiger partial charge in [0, 0.05) is 25.1 Å². The van der Waals surface area contributed by atoms with Crippen molar-refractivity contribution in [1.29, 1.82) is 0 Å². The molecule has 0 radical (unpaired) electrons. The zero-order valence-corrected chi connectivity index (χ0v) is 12.0. The fraction of sp³-hybridized carbons (Fsp3) is 0.714. The predicted molar refractivity (Wildman–Crippen MR) is 74.4 cm³/mol. The van der Waals surface area contributed by atoms with Gasteiger partial charge in [-0.3, -0.25) is 4.79 Å². The van der Waals surface area contributed by atoms with Crippen LogP contribution in [-0.4, -0.2) is 40.1 Å². The SMILES string of the molecule is CC1CCC(CO)CN1C(=O)c1scnc1C1CC1. The number of nitrogens with zero attached hydrogens (tertiary/aromatic N) is 2. The van der Waals surface area contributed by atoms with E-state index < -0.39 is 0 Å². The Balaban J connectivity index is 1.79. The zero-order valence-electron chi connectivity index (χ0n) is 11.2. The number of piperidine rings is 1. The molecule has 4 nitrogen and oxygen atoms in total. The van der Waals surface area contributed by atoms with Crippen LogP contribution in [-0.2, 0) is 0 Å². The van der Waals surface area contributed by atoms with Crippen LogP contribution in [0.3, 0.4) is 0 Å². The van der Waals surface area contributed by atoms with Crippen molar-refractivity contribution in [3.05, 3.63) is 16.1 Å². The molecule has 1 saturated carbocycles. The molecule has 3 rings (SSSR count). The first-order chi connectivity index (χ1) is 9.20. The fourth-order valence-corrected chi connectivity index (χ4v) is 3.64. The van der Waals surface area contributed by atoms with E-state index in [0.717, 1.165) is 23.4 Å². The van der Waals surface area contributed by atoms with Crippen molar-refractivity contribution in [2.24, 2.45) is 5.92 Å². The summed E-state index contributed by atoms with van der Waals surface area (Å²) in [6.07, 6.45) is 4.33. The van der Waals surface area contributed by atoms with Gasteiger partial charge in [0.05, 0.1) is 11.2 Å². The quantitative estimate of drug-likeness (QED) is 0.924. The van der Waals surface area contributed by atoms with E-state index in [0.29, 0.717) is 12.5 Å². The highest BCUT2D eigenvalue weighted by Crippen LogP contribution is 2.42. The Bertz CT molecular complexity index is 470. The fourth-order valence-electron chi connectivity index (χ4n) is 2.81. The van der Waals surface area contributed by atoms with E-state index in [4.69, 9.17) is 0 Å². The molecular weight excluding hydrogens is 260 g/mol. The van der Waals surface area contributed by atoms with Crippen molar-refractivity contribution in [3.8, 4) is 0 Å². The summed E-state index contributed by atoms with van der Waals surface area (Å²) in [5, 5.41) is 9.31. The second-order valence-electron chi connectivity index (χ2n) is 5.77.